The largest absolute Gasteiger partial charge is 0.495 e. The predicted octanol–water partition coefficient (Wildman–Crippen LogP) is 1.69. The van der Waals surface area contributed by atoms with Gasteiger partial charge in [-0.3, -0.25) is 0 Å². The van der Waals surface area contributed by atoms with Crippen LogP contribution in [0.5, 0.6) is 17.2 Å². The van der Waals surface area contributed by atoms with Gasteiger partial charge < -0.3 is 19.9 Å². The van der Waals surface area contributed by atoms with E-state index in [1.165, 1.54) is 0 Å². The first-order chi connectivity index (χ1) is 7.27. The first-order valence-corrected chi connectivity index (χ1v) is 5.42. The molecule has 0 radical (unpaired) electrons. The summed E-state index contributed by atoms with van der Waals surface area (Å²) in [6.07, 6.45) is 0. The summed E-state index contributed by atoms with van der Waals surface area (Å²) in [4.78, 5) is 0. The van der Waals surface area contributed by atoms with Crippen LogP contribution >= 0.6 is 15.9 Å². The van der Waals surface area contributed by atoms with E-state index in [1.54, 1.807) is 7.11 Å². The molecule has 0 saturated heterocycles. The van der Waals surface area contributed by atoms with Crippen LogP contribution in [0.15, 0.2) is 10.5 Å². The molecule has 1 aliphatic rings. The molecule has 1 aliphatic heterocycles. The lowest BCUT2D eigenvalue weighted by molar-refractivity contribution is 0.169. The van der Waals surface area contributed by atoms with E-state index in [0.717, 1.165) is 15.8 Å². The minimum atomic E-state index is 0.401. The van der Waals surface area contributed by atoms with E-state index in [-0.39, 0.29) is 0 Å². The van der Waals surface area contributed by atoms with E-state index >= 15 is 0 Å². The molecule has 15 heavy (non-hydrogen) atoms. The smallest absolute Gasteiger partial charge is 0.179 e. The molecule has 0 spiro atoms. The molecule has 0 aromatic heterocycles. The Balaban J connectivity index is 2.57. The molecule has 1 aromatic rings. The van der Waals surface area contributed by atoms with Gasteiger partial charge >= 0.3 is 0 Å². The van der Waals surface area contributed by atoms with Crippen molar-refractivity contribution in [2.45, 2.75) is 6.54 Å². The van der Waals surface area contributed by atoms with Gasteiger partial charge in [-0.1, -0.05) is 0 Å². The highest BCUT2D eigenvalue weighted by Crippen LogP contribution is 2.45. The quantitative estimate of drug-likeness (QED) is 0.891. The maximum atomic E-state index is 5.63. The number of halogens is 1. The standard InChI is InChI=1S/C10H12BrNO3/c1-13-9-6(5-12)4-7-10(8(9)11)15-3-2-14-7/h4H,2-3,5,12H2,1H3. The summed E-state index contributed by atoms with van der Waals surface area (Å²) in [5.41, 5.74) is 6.53. The topological polar surface area (TPSA) is 53.7 Å². The first kappa shape index (κ1) is 10.6. The number of hydrogen-bond donors (Lipinski definition) is 1. The van der Waals surface area contributed by atoms with Crippen LogP contribution in [0.4, 0.5) is 0 Å². The summed E-state index contributed by atoms with van der Waals surface area (Å²) in [6.45, 7) is 1.52. The molecule has 0 saturated carbocycles. The summed E-state index contributed by atoms with van der Waals surface area (Å²) in [5.74, 6) is 2.12. The fourth-order valence-electron chi connectivity index (χ4n) is 1.55. The molecule has 0 bridgehead atoms. The van der Waals surface area contributed by atoms with Gasteiger partial charge in [0.15, 0.2) is 11.5 Å². The zero-order valence-corrected chi connectivity index (χ0v) is 9.96. The summed E-state index contributed by atoms with van der Waals surface area (Å²) in [7, 11) is 1.61. The SMILES string of the molecule is COc1c(CN)cc2c(c1Br)OCCO2. The summed E-state index contributed by atoms with van der Waals surface area (Å²) < 4.78 is 17.0. The van der Waals surface area contributed by atoms with Gasteiger partial charge in [0.1, 0.15) is 23.4 Å². The molecule has 2 rings (SSSR count). The van der Waals surface area contributed by atoms with Crippen LogP contribution in [0.1, 0.15) is 5.56 Å². The maximum Gasteiger partial charge on any atom is 0.179 e. The van der Waals surface area contributed by atoms with Crippen LogP contribution in [0.3, 0.4) is 0 Å². The van der Waals surface area contributed by atoms with Crippen molar-refractivity contribution < 1.29 is 14.2 Å². The van der Waals surface area contributed by atoms with Crippen molar-refractivity contribution in [3.63, 3.8) is 0 Å². The third-order valence-corrected chi connectivity index (χ3v) is 2.95. The Morgan fingerprint density at radius 3 is 2.87 bits per heavy atom. The van der Waals surface area contributed by atoms with E-state index in [2.05, 4.69) is 15.9 Å². The maximum absolute atomic E-state index is 5.63. The average Bonchev–Trinajstić information content (AvgIpc) is 2.29. The van der Waals surface area contributed by atoms with Gasteiger partial charge in [-0.15, -0.1) is 0 Å². The van der Waals surface area contributed by atoms with Gasteiger partial charge in [-0.25, -0.2) is 0 Å². The van der Waals surface area contributed by atoms with Crippen molar-refractivity contribution in [2.75, 3.05) is 20.3 Å². The zero-order chi connectivity index (χ0) is 10.8. The lowest BCUT2D eigenvalue weighted by Gasteiger charge is -2.22. The normalized spacial score (nSPS) is 13.8. The number of ether oxygens (including phenoxy) is 3. The number of methoxy groups -OCH3 is 1. The van der Waals surface area contributed by atoms with E-state index in [0.29, 0.717) is 31.3 Å². The van der Waals surface area contributed by atoms with Gasteiger partial charge in [0.05, 0.1) is 7.11 Å². The van der Waals surface area contributed by atoms with Gasteiger partial charge in [0.25, 0.3) is 0 Å². The summed E-state index contributed by atoms with van der Waals surface area (Å²) in [5, 5.41) is 0. The van der Waals surface area contributed by atoms with E-state index in [4.69, 9.17) is 19.9 Å². The lowest BCUT2D eigenvalue weighted by Crippen LogP contribution is -2.16. The minimum absolute atomic E-state index is 0.401. The number of benzene rings is 1. The molecule has 5 heteroatoms. The molecule has 4 nitrogen and oxygen atoms in total. The molecule has 0 unspecified atom stereocenters. The van der Waals surface area contributed by atoms with Crippen molar-refractivity contribution in [2.24, 2.45) is 5.73 Å². The van der Waals surface area contributed by atoms with Gasteiger partial charge in [0, 0.05) is 12.1 Å². The van der Waals surface area contributed by atoms with E-state index < -0.39 is 0 Å². The molecule has 0 aliphatic carbocycles. The second-order valence-corrected chi connectivity index (χ2v) is 3.90. The second-order valence-electron chi connectivity index (χ2n) is 3.11. The molecular weight excluding hydrogens is 262 g/mol. The fraction of sp³-hybridized carbons (Fsp3) is 0.400. The molecule has 1 heterocycles. The molecule has 82 valence electrons. The molecular formula is C10H12BrNO3. The van der Waals surface area contributed by atoms with Gasteiger partial charge in [-0.05, 0) is 22.0 Å². The first-order valence-electron chi connectivity index (χ1n) is 4.63. The lowest BCUT2D eigenvalue weighted by atomic mass is 10.1. The van der Waals surface area contributed by atoms with E-state index in [1.807, 2.05) is 6.07 Å². The third-order valence-electron chi connectivity index (χ3n) is 2.23. The van der Waals surface area contributed by atoms with Crippen LogP contribution in [0.2, 0.25) is 0 Å². The Bertz CT molecular complexity index is 367. The highest BCUT2D eigenvalue weighted by molar-refractivity contribution is 9.10. The Morgan fingerprint density at radius 2 is 2.20 bits per heavy atom. The molecule has 0 atom stereocenters. The average molecular weight is 274 g/mol. The monoisotopic (exact) mass is 273 g/mol. The van der Waals surface area contributed by atoms with Crippen molar-refractivity contribution in [3.05, 3.63) is 16.1 Å². The molecule has 1 aromatic carbocycles. The second kappa shape index (κ2) is 4.28. The predicted molar refractivity (Wildman–Crippen MR) is 59.6 cm³/mol. The van der Waals surface area contributed by atoms with Crippen molar-refractivity contribution in [3.8, 4) is 17.2 Å². The number of nitrogens with two attached hydrogens (primary N) is 1. The van der Waals surface area contributed by atoms with Crippen molar-refractivity contribution in [1.29, 1.82) is 0 Å². The Hall–Kier alpha value is -0.940. The third kappa shape index (κ3) is 1.77. The highest BCUT2D eigenvalue weighted by Gasteiger charge is 2.21. The highest BCUT2D eigenvalue weighted by atomic mass is 79.9. The van der Waals surface area contributed by atoms with Crippen LogP contribution in [-0.4, -0.2) is 20.3 Å². The van der Waals surface area contributed by atoms with Crippen LogP contribution in [0, 0.1) is 0 Å². The summed E-state index contributed by atoms with van der Waals surface area (Å²) >= 11 is 3.43. The van der Waals surface area contributed by atoms with E-state index in [9.17, 15) is 0 Å². The number of fused-ring (bicyclic) bond motifs is 1. The number of hydrogen-bond acceptors (Lipinski definition) is 4. The number of rotatable bonds is 2. The Morgan fingerprint density at radius 1 is 1.47 bits per heavy atom. The Labute approximate surface area is 96.4 Å². The van der Waals surface area contributed by atoms with Crippen LogP contribution in [0.25, 0.3) is 0 Å². The van der Waals surface area contributed by atoms with Crippen molar-refractivity contribution >= 4 is 15.9 Å². The minimum Gasteiger partial charge on any atom is -0.495 e. The van der Waals surface area contributed by atoms with Crippen LogP contribution in [-0.2, 0) is 6.54 Å². The van der Waals surface area contributed by atoms with Gasteiger partial charge in [-0.2, -0.15) is 0 Å². The van der Waals surface area contributed by atoms with Crippen LogP contribution < -0.4 is 19.9 Å². The van der Waals surface area contributed by atoms with Crippen molar-refractivity contribution in [1.82, 2.24) is 0 Å². The fourth-order valence-corrected chi connectivity index (χ4v) is 2.28. The zero-order valence-electron chi connectivity index (χ0n) is 8.38. The molecule has 0 fully saturated rings. The molecule has 0 amide bonds. The van der Waals surface area contributed by atoms with Gasteiger partial charge in [0.2, 0.25) is 0 Å². The summed E-state index contributed by atoms with van der Waals surface area (Å²) in [6, 6.07) is 1.86. The molecule has 2 N–H and O–H groups in total. The Kier molecular flexibility index (Phi) is 3.02.